The SMILES string of the molecule is Cc1ccc(C2=C(N(C)c3ccccc3)C(=O)N(c3cccc(C)c3C)C2=O)c(C)c1. The molecular formula is C27H26N2O2. The molecule has 0 aliphatic carbocycles. The molecule has 156 valence electrons. The molecule has 3 aromatic rings. The third kappa shape index (κ3) is 3.44. The van der Waals surface area contributed by atoms with E-state index < -0.39 is 0 Å². The lowest BCUT2D eigenvalue weighted by Gasteiger charge is -2.22. The lowest BCUT2D eigenvalue weighted by atomic mass is 9.97. The number of hydrogen-bond acceptors (Lipinski definition) is 3. The number of para-hydroxylation sites is 1. The summed E-state index contributed by atoms with van der Waals surface area (Å²) in [7, 11) is 1.84. The van der Waals surface area contributed by atoms with E-state index in [2.05, 4.69) is 0 Å². The zero-order valence-electron chi connectivity index (χ0n) is 18.6. The van der Waals surface area contributed by atoms with Crippen LogP contribution in [0.3, 0.4) is 0 Å². The molecule has 3 aromatic carbocycles. The molecule has 0 saturated carbocycles. The molecule has 4 heteroatoms. The van der Waals surface area contributed by atoms with Gasteiger partial charge in [0, 0.05) is 12.7 Å². The molecule has 1 heterocycles. The summed E-state index contributed by atoms with van der Waals surface area (Å²) in [5.74, 6) is -0.594. The summed E-state index contributed by atoms with van der Waals surface area (Å²) in [5, 5.41) is 0. The lowest BCUT2D eigenvalue weighted by Crippen LogP contribution is -2.34. The summed E-state index contributed by atoms with van der Waals surface area (Å²) in [5.41, 5.74) is 7.15. The quantitative estimate of drug-likeness (QED) is 0.545. The number of carbonyl (C=O) groups excluding carboxylic acids is 2. The van der Waals surface area contributed by atoms with Gasteiger partial charge in [-0.05, 0) is 68.1 Å². The Hall–Kier alpha value is -3.66. The van der Waals surface area contributed by atoms with Crippen LogP contribution < -0.4 is 9.80 Å². The second-order valence-corrected chi connectivity index (χ2v) is 8.10. The average molecular weight is 411 g/mol. The highest BCUT2D eigenvalue weighted by Gasteiger charge is 2.43. The Kier molecular flexibility index (Phi) is 5.24. The third-order valence-electron chi connectivity index (χ3n) is 6.01. The Morgan fingerprint density at radius 2 is 1.45 bits per heavy atom. The van der Waals surface area contributed by atoms with E-state index in [1.165, 1.54) is 4.90 Å². The lowest BCUT2D eigenvalue weighted by molar-refractivity contribution is -0.120. The summed E-state index contributed by atoms with van der Waals surface area (Å²) < 4.78 is 0. The minimum absolute atomic E-state index is 0.288. The topological polar surface area (TPSA) is 40.6 Å². The Morgan fingerprint density at radius 1 is 0.742 bits per heavy atom. The van der Waals surface area contributed by atoms with E-state index in [0.717, 1.165) is 33.5 Å². The van der Waals surface area contributed by atoms with Gasteiger partial charge in [0.1, 0.15) is 5.70 Å². The molecule has 1 aliphatic heterocycles. The Bertz CT molecular complexity index is 1230. The van der Waals surface area contributed by atoms with Crippen molar-refractivity contribution in [1.82, 2.24) is 0 Å². The van der Waals surface area contributed by atoms with Gasteiger partial charge < -0.3 is 4.90 Å². The van der Waals surface area contributed by atoms with Gasteiger partial charge in [0.15, 0.2) is 0 Å². The first-order valence-corrected chi connectivity index (χ1v) is 10.4. The number of anilines is 2. The largest absolute Gasteiger partial charge is 0.339 e. The molecular weight excluding hydrogens is 384 g/mol. The van der Waals surface area contributed by atoms with Crippen LogP contribution in [0.2, 0.25) is 0 Å². The van der Waals surface area contributed by atoms with Crippen LogP contribution in [0.25, 0.3) is 5.57 Å². The fourth-order valence-electron chi connectivity index (χ4n) is 4.14. The number of hydrogen-bond donors (Lipinski definition) is 0. The second kappa shape index (κ2) is 7.88. The van der Waals surface area contributed by atoms with E-state index in [1.54, 1.807) is 0 Å². The maximum Gasteiger partial charge on any atom is 0.282 e. The maximum absolute atomic E-state index is 13.8. The van der Waals surface area contributed by atoms with Gasteiger partial charge in [-0.25, -0.2) is 4.90 Å². The molecule has 0 aromatic heterocycles. The number of aryl methyl sites for hydroxylation is 3. The van der Waals surface area contributed by atoms with Crippen molar-refractivity contribution < 1.29 is 9.59 Å². The molecule has 0 spiro atoms. The maximum atomic E-state index is 13.8. The molecule has 1 aliphatic rings. The predicted molar refractivity (Wildman–Crippen MR) is 126 cm³/mol. The summed E-state index contributed by atoms with van der Waals surface area (Å²) >= 11 is 0. The fourth-order valence-corrected chi connectivity index (χ4v) is 4.14. The van der Waals surface area contributed by atoms with E-state index >= 15 is 0 Å². The van der Waals surface area contributed by atoms with Crippen LogP contribution in [-0.4, -0.2) is 18.9 Å². The normalized spacial score (nSPS) is 13.9. The fraction of sp³-hybridized carbons (Fsp3) is 0.185. The number of amides is 2. The van der Waals surface area contributed by atoms with E-state index in [9.17, 15) is 9.59 Å². The number of nitrogens with zero attached hydrogens (tertiary/aromatic N) is 2. The van der Waals surface area contributed by atoms with Crippen LogP contribution in [0.5, 0.6) is 0 Å². The predicted octanol–water partition coefficient (Wildman–Crippen LogP) is 5.34. The number of carbonyl (C=O) groups is 2. The molecule has 0 saturated heterocycles. The van der Waals surface area contributed by atoms with Crippen LogP contribution in [-0.2, 0) is 9.59 Å². The van der Waals surface area contributed by atoms with Crippen molar-refractivity contribution in [2.24, 2.45) is 0 Å². The number of benzene rings is 3. The van der Waals surface area contributed by atoms with Crippen LogP contribution in [0, 0.1) is 27.7 Å². The van der Waals surface area contributed by atoms with Crippen molar-refractivity contribution in [3.8, 4) is 0 Å². The van der Waals surface area contributed by atoms with E-state index in [1.807, 2.05) is 106 Å². The highest BCUT2D eigenvalue weighted by Crippen LogP contribution is 2.38. The van der Waals surface area contributed by atoms with Crippen molar-refractivity contribution >= 4 is 28.8 Å². The van der Waals surface area contributed by atoms with Gasteiger partial charge in [0.05, 0.1) is 11.3 Å². The monoisotopic (exact) mass is 410 g/mol. The van der Waals surface area contributed by atoms with Crippen molar-refractivity contribution in [1.29, 1.82) is 0 Å². The van der Waals surface area contributed by atoms with Crippen molar-refractivity contribution in [2.45, 2.75) is 27.7 Å². The molecule has 4 rings (SSSR count). The smallest absolute Gasteiger partial charge is 0.282 e. The Labute approximate surface area is 183 Å². The second-order valence-electron chi connectivity index (χ2n) is 8.10. The van der Waals surface area contributed by atoms with E-state index in [-0.39, 0.29) is 11.8 Å². The Balaban J connectivity index is 1.94. The van der Waals surface area contributed by atoms with Crippen molar-refractivity contribution in [3.63, 3.8) is 0 Å². The standard InChI is InChI=1S/C27H26N2O2/c1-17-14-15-22(19(3)16-17)24-25(28(5)21-11-7-6-8-12-21)27(31)29(26(24)30)23-13-9-10-18(2)20(23)4/h6-16H,1-5H3. The van der Waals surface area contributed by atoms with Crippen LogP contribution in [0.1, 0.15) is 27.8 Å². The number of rotatable bonds is 4. The van der Waals surface area contributed by atoms with Crippen molar-refractivity contribution in [2.75, 3.05) is 16.8 Å². The highest BCUT2D eigenvalue weighted by molar-refractivity contribution is 6.46. The molecule has 0 N–H and O–H groups in total. The van der Waals surface area contributed by atoms with Gasteiger partial charge in [0.25, 0.3) is 11.8 Å². The van der Waals surface area contributed by atoms with Gasteiger partial charge in [-0.15, -0.1) is 0 Å². The summed E-state index contributed by atoms with van der Waals surface area (Å²) in [6, 6.07) is 21.3. The van der Waals surface area contributed by atoms with Gasteiger partial charge in [-0.1, -0.05) is 54.1 Å². The van der Waals surface area contributed by atoms with Crippen molar-refractivity contribution in [3.05, 3.63) is 100 Å². The molecule has 0 atom stereocenters. The van der Waals surface area contributed by atoms with Gasteiger partial charge in [0.2, 0.25) is 0 Å². The molecule has 0 unspecified atom stereocenters. The van der Waals surface area contributed by atoms with E-state index in [4.69, 9.17) is 0 Å². The van der Waals surface area contributed by atoms with Gasteiger partial charge in [-0.2, -0.15) is 0 Å². The first kappa shape index (κ1) is 20.6. The first-order valence-electron chi connectivity index (χ1n) is 10.4. The van der Waals surface area contributed by atoms with Crippen LogP contribution in [0.4, 0.5) is 11.4 Å². The third-order valence-corrected chi connectivity index (χ3v) is 6.01. The summed E-state index contributed by atoms with van der Waals surface area (Å²) in [4.78, 5) is 30.7. The molecule has 31 heavy (non-hydrogen) atoms. The number of imide groups is 1. The van der Waals surface area contributed by atoms with E-state index in [0.29, 0.717) is 17.0 Å². The minimum atomic E-state index is -0.306. The van der Waals surface area contributed by atoms with Gasteiger partial charge >= 0.3 is 0 Å². The molecule has 0 radical (unpaired) electrons. The van der Waals surface area contributed by atoms with Gasteiger partial charge in [-0.3, -0.25) is 9.59 Å². The summed E-state index contributed by atoms with van der Waals surface area (Å²) in [6.07, 6.45) is 0. The molecule has 0 bridgehead atoms. The first-order chi connectivity index (χ1) is 14.8. The molecule has 4 nitrogen and oxygen atoms in total. The zero-order valence-corrected chi connectivity index (χ0v) is 18.6. The average Bonchev–Trinajstić information content (AvgIpc) is 3.00. The summed E-state index contributed by atoms with van der Waals surface area (Å²) in [6.45, 7) is 7.93. The Morgan fingerprint density at radius 3 is 2.13 bits per heavy atom. The molecule has 2 amide bonds. The zero-order chi connectivity index (χ0) is 22.3. The number of likely N-dealkylation sites (N-methyl/N-ethyl adjacent to an activating group) is 1. The highest BCUT2D eigenvalue weighted by atomic mass is 16.2. The van der Waals surface area contributed by atoms with Crippen LogP contribution in [0.15, 0.2) is 72.4 Å². The minimum Gasteiger partial charge on any atom is -0.339 e. The molecule has 0 fully saturated rings. The van der Waals surface area contributed by atoms with Crippen LogP contribution >= 0.6 is 0 Å².